The van der Waals surface area contributed by atoms with Gasteiger partial charge in [0, 0.05) is 14.2 Å². The van der Waals surface area contributed by atoms with Gasteiger partial charge in [-0.1, -0.05) is 6.07 Å². The van der Waals surface area contributed by atoms with E-state index in [1.165, 1.54) is 26.4 Å². The Morgan fingerprint density at radius 1 is 1.12 bits per heavy atom. The lowest BCUT2D eigenvalue weighted by molar-refractivity contribution is -0.182. The second kappa shape index (κ2) is 6.27. The minimum Gasteiger partial charge on any atom is -0.399 e. The summed E-state index contributed by atoms with van der Waals surface area (Å²) in [6.07, 6.45) is 0. The van der Waals surface area contributed by atoms with Gasteiger partial charge < -0.3 is 18.8 Å². The van der Waals surface area contributed by atoms with Gasteiger partial charge in [-0.05, 0) is 45.3 Å². The Balaban J connectivity index is 1.82. The topological polar surface area (TPSA) is 66.4 Å². The smallest absolute Gasteiger partial charge is 0.399 e. The maximum absolute atomic E-state index is 14.5. The Kier molecular flexibility index (Phi) is 4.77. The SMILES string of the molecule is COC1(OC)CS(=O)(=Nc2ccc(B3OC(C)(C)C(C)(C)O3)cc2F)C1. The Bertz CT molecular complexity index is 800. The predicted molar refractivity (Wildman–Crippen MR) is 98.8 cm³/mol. The molecular weight excluding hydrogens is 360 g/mol. The van der Waals surface area contributed by atoms with Gasteiger partial charge in [0.1, 0.15) is 11.5 Å². The Morgan fingerprint density at radius 2 is 1.65 bits per heavy atom. The van der Waals surface area contributed by atoms with Gasteiger partial charge >= 0.3 is 7.12 Å². The van der Waals surface area contributed by atoms with E-state index in [-0.39, 0.29) is 17.2 Å². The van der Waals surface area contributed by atoms with Crippen LogP contribution in [-0.2, 0) is 28.5 Å². The number of methoxy groups -OCH3 is 2. The number of ether oxygens (including phenoxy) is 2. The van der Waals surface area contributed by atoms with Crippen LogP contribution in [0.25, 0.3) is 0 Å². The van der Waals surface area contributed by atoms with Crippen LogP contribution in [0, 0.1) is 5.82 Å². The van der Waals surface area contributed by atoms with Gasteiger partial charge in [0.05, 0.1) is 32.4 Å². The zero-order valence-corrected chi connectivity index (χ0v) is 16.8. The molecule has 2 aliphatic heterocycles. The first kappa shape index (κ1) is 19.8. The Labute approximate surface area is 154 Å². The normalized spacial score (nSPS) is 25.0. The van der Waals surface area contributed by atoms with Gasteiger partial charge in [0.25, 0.3) is 0 Å². The van der Waals surface area contributed by atoms with Crippen molar-refractivity contribution >= 4 is 28.0 Å². The summed E-state index contributed by atoms with van der Waals surface area (Å²) in [7, 11) is -0.273. The molecule has 6 nitrogen and oxygen atoms in total. The van der Waals surface area contributed by atoms with Crippen LogP contribution >= 0.6 is 0 Å². The number of hydrogen-bond donors (Lipinski definition) is 0. The molecule has 0 spiro atoms. The van der Waals surface area contributed by atoms with Crippen molar-refractivity contribution in [2.75, 3.05) is 25.7 Å². The lowest BCUT2D eigenvalue weighted by Gasteiger charge is -2.40. The summed E-state index contributed by atoms with van der Waals surface area (Å²) in [4.78, 5) is 0. The summed E-state index contributed by atoms with van der Waals surface area (Å²) in [6.45, 7) is 7.75. The van der Waals surface area contributed by atoms with Crippen molar-refractivity contribution in [3.05, 3.63) is 24.0 Å². The van der Waals surface area contributed by atoms with Crippen LogP contribution < -0.4 is 5.46 Å². The van der Waals surface area contributed by atoms with Gasteiger partial charge in [-0.3, -0.25) is 0 Å². The number of hydrogen-bond acceptors (Lipinski definition) is 6. The molecule has 0 saturated carbocycles. The van der Waals surface area contributed by atoms with Gasteiger partial charge in [-0.25, -0.2) is 8.60 Å². The fourth-order valence-corrected chi connectivity index (χ4v) is 5.33. The maximum Gasteiger partial charge on any atom is 0.494 e. The number of rotatable bonds is 4. The summed E-state index contributed by atoms with van der Waals surface area (Å²) < 4.78 is 53.6. The lowest BCUT2D eigenvalue weighted by atomic mass is 9.79. The van der Waals surface area contributed by atoms with Crippen molar-refractivity contribution < 1.29 is 27.4 Å². The highest BCUT2D eigenvalue weighted by Gasteiger charge is 2.52. The molecule has 0 atom stereocenters. The standard InChI is InChI=1S/C17H25BFNO5S/c1-15(2)16(3,4)25-18(24-15)12-7-8-14(13(19)9-12)20-26(21)10-17(11-26,22-5)23-6/h7-9H,10-11H2,1-6H3. The summed E-state index contributed by atoms with van der Waals surface area (Å²) >= 11 is 0. The average Bonchev–Trinajstić information content (AvgIpc) is 2.74. The highest BCUT2D eigenvalue weighted by molar-refractivity contribution is 7.95. The molecule has 0 amide bonds. The molecule has 0 radical (unpaired) electrons. The molecule has 0 aliphatic carbocycles. The first-order chi connectivity index (χ1) is 11.9. The quantitative estimate of drug-likeness (QED) is 0.588. The molecule has 1 aromatic rings. The molecule has 2 saturated heterocycles. The van der Waals surface area contributed by atoms with Crippen LogP contribution in [0.3, 0.4) is 0 Å². The second-order valence-corrected chi connectivity index (χ2v) is 10.1. The highest BCUT2D eigenvalue weighted by atomic mass is 32.2. The number of benzene rings is 1. The van der Waals surface area contributed by atoms with Crippen LogP contribution in [-0.4, -0.2) is 54.0 Å². The van der Waals surface area contributed by atoms with Crippen LogP contribution in [0.2, 0.25) is 0 Å². The molecule has 0 bridgehead atoms. The molecule has 2 aliphatic rings. The highest BCUT2D eigenvalue weighted by Crippen LogP contribution is 2.37. The second-order valence-electron chi connectivity index (χ2n) is 7.77. The molecule has 9 heteroatoms. The van der Waals surface area contributed by atoms with Gasteiger partial charge in [0.2, 0.25) is 0 Å². The van der Waals surface area contributed by atoms with Crippen LogP contribution in [0.1, 0.15) is 27.7 Å². The summed E-state index contributed by atoms with van der Waals surface area (Å²) in [5.41, 5.74) is -0.394. The van der Waals surface area contributed by atoms with E-state index in [1.54, 1.807) is 6.07 Å². The largest absolute Gasteiger partial charge is 0.494 e. The fraction of sp³-hybridized carbons (Fsp3) is 0.647. The monoisotopic (exact) mass is 385 g/mol. The van der Waals surface area contributed by atoms with E-state index < -0.39 is 39.7 Å². The molecule has 2 heterocycles. The van der Waals surface area contributed by atoms with Gasteiger partial charge in [0.15, 0.2) is 5.79 Å². The maximum atomic E-state index is 14.5. The molecule has 0 unspecified atom stereocenters. The Hall–Kier alpha value is -0.995. The van der Waals surface area contributed by atoms with Crippen LogP contribution in [0.5, 0.6) is 0 Å². The van der Waals surface area contributed by atoms with Crippen molar-refractivity contribution in [2.45, 2.75) is 44.7 Å². The van der Waals surface area contributed by atoms with E-state index in [4.69, 9.17) is 18.8 Å². The van der Waals surface area contributed by atoms with Gasteiger partial charge in [-0.2, -0.15) is 4.36 Å². The first-order valence-corrected chi connectivity index (χ1v) is 10.3. The zero-order chi connectivity index (χ0) is 19.4. The van der Waals surface area contributed by atoms with E-state index in [0.717, 1.165) is 0 Å². The van der Waals surface area contributed by atoms with Crippen molar-refractivity contribution in [2.24, 2.45) is 4.36 Å². The third-order valence-electron chi connectivity index (χ3n) is 5.40. The zero-order valence-electron chi connectivity index (χ0n) is 16.0. The summed E-state index contributed by atoms with van der Waals surface area (Å²) in [6, 6.07) is 4.51. The molecule has 2 fully saturated rings. The van der Waals surface area contributed by atoms with Crippen LogP contribution in [0.15, 0.2) is 22.6 Å². The van der Waals surface area contributed by atoms with E-state index in [9.17, 15) is 8.60 Å². The third-order valence-corrected chi connectivity index (χ3v) is 7.71. The van der Waals surface area contributed by atoms with Crippen molar-refractivity contribution in [1.29, 1.82) is 0 Å². The predicted octanol–water partition coefficient (Wildman–Crippen LogP) is 2.23. The van der Waals surface area contributed by atoms with Crippen molar-refractivity contribution in [3.8, 4) is 0 Å². The van der Waals surface area contributed by atoms with E-state index in [1.807, 2.05) is 27.7 Å². The molecule has 144 valence electrons. The minimum atomic E-state index is -2.59. The molecule has 0 aromatic heterocycles. The Morgan fingerprint density at radius 3 is 2.12 bits per heavy atom. The first-order valence-electron chi connectivity index (χ1n) is 8.43. The molecule has 1 aromatic carbocycles. The van der Waals surface area contributed by atoms with Crippen LogP contribution in [0.4, 0.5) is 10.1 Å². The van der Waals surface area contributed by atoms with E-state index in [2.05, 4.69) is 4.36 Å². The minimum absolute atomic E-state index is 0.0519. The fourth-order valence-electron chi connectivity index (χ4n) is 2.93. The molecule has 26 heavy (non-hydrogen) atoms. The van der Waals surface area contributed by atoms with Crippen molar-refractivity contribution in [1.82, 2.24) is 0 Å². The average molecular weight is 385 g/mol. The molecule has 3 rings (SSSR count). The number of halogens is 1. The summed E-state index contributed by atoms with van der Waals surface area (Å²) in [5, 5.41) is 0. The lowest BCUT2D eigenvalue weighted by Crippen LogP contribution is -2.57. The van der Waals surface area contributed by atoms with Gasteiger partial charge in [-0.15, -0.1) is 0 Å². The van der Waals surface area contributed by atoms with Crippen molar-refractivity contribution in [3.63, 3.8) is 0 Å². The number of nitrogens with zero attached hydrogens (tertiary/aromatic N) is 1. The molecular formula is C17H25BFNO5S. The van der Waals surface area contributed by atoms with E-state index in [0.29, 0.717) is 5.46 Å². The summed E-state index contributed by atoms with van der Waals surface area (Å²) in [5.74, 6) is -1.22. The third kappa shape index (κ3) is 3.31. The molecule has 0 N–H and O–H groups in total. The van der Waals surface area contributed by atoms with E-state index >= 15 is 0 Å².